The van der Waals surface area contributed by atoms with Gasteiger partial charge in [0.15, 0.2) is 5.65 Å². The number of aromatic hydroxyl groups is 1. The lowest BCUT2D eigenvalue weighted by Crippen LogP contribution is -2.37. The molecule has 4 rings (SSSR count). The molecular weight excluding hydrogens is 478 g/mol. The van der Waals surface area contributed by atoms with Crippen molar-refractivity contribution in [3.8, 4) is 28.3 Å². The van der Waals surface area contributed by atoms with E-state index in [4.69, 9.17) is 11.6 Å². The first-order valence-electron chi connectivity index (χ1n) is 11.5. The van der Waals surface area contributed by atoms with E-state index in [2.05, 4.69) is 15.3 Å². The minimum Gasteiger partial charge on any atom is -0.508 e. The minimum absolute atomic E-state index is 0.0258. The second-order valence-electron chi connectivity index (χ2n) is 9.28. The second kappa shape index (κ2) is 10.5. The fourth-order valence-electron chi connectivity index (χ4n) is 4.06. The van der Waals surface area contributed by atoms with Gasteiger partial charge in [0.25, 0.3) is 5.56 Å². The van der Waals surface area contributed by atoms with E-state index in [1.165, 1.54) is 16.7 Å². The Hall–Kier alpha value is -3.75. The number of halogens is 1. The lowest BCUT2D eigenvalue weighted by molar-refractivity contribution is -0.122. The van der Waals surface area contributed by atoms with Crippen LogP contribution in [0.25, 0.3) is 33.5 Å². The van der Waals surface area contributed by atoms with E-state index in [1.54, 1.807) is 24.4 Å². The molecule has 2 aromatic heterocycles. The van der Waals surface area contributed by atoms with Gasteiger partial charge < -0.3 is 15.3 Å². The molecule has 1 amide bonds. The molecule has 0 aliphatic carbocycles. The lowest BCUT2D eigenvalue weighted by atomic mass is 10.0. The molecule has 2 heterocycles. The zero-order valence-corrected chi connectivity index (χ0v) is 21.4. The highest BCUT2D eigenvalue weighted by Crippen LogP contribution is 2.28. The topological polar surface area (TPSA) is 100 Å². The number of amides is 1. The van der Waals surface area contributed by atoms with Crippen molar-refractivity contribution < 1.29 is 9.90 Å². The van der Waals surface area contributed by atoms with Gasteiger partial charge in [-0.2, -0.15) is 0 Å². The van der Waals surface area contributed by atoms with Crippen LogP contribution in [0.1, 0.15) is 19.4 Å². The Labute approximate surface area is 214 Å². The minimum atomic E-state index is -0.401. The van der Waals surface area contributed by atoms with Crippen molar-refractivity contribution in [1.82, 2.24) is 24.8 Å². The van der Waals surface area contributed by atoms with Gasteiger partial charge in [-0.15, -0.1) is 0 Å². The number of carbonyl (C=O) groups excluding carboxylic acids is 1. The molecular formula is C27H28ClN5O3. The molecule has 0 saturated heterocycles. The Balaban J connectivity index is 1.89. The van der Waals surface area contributed by atoms with E-state index in [0.717, 1.165) is 11.1 Å². The van der Waals surface area contributed by atoms with E-state index < -0.39 is 5.56 Å². The Bertz CT molecular complexity index is 1500. The number of hydrogen-bond acceptors (Lipinski definition) is 6. The van der Waals surface area contributed by atoms with E-state index >= 15 is 0 Å². The summed E-state index contributed by atoms with van der Waals surface area (Å²) in [6.07, 6.45) is 1.65. The maximum Gasteiger partial charge on any atom is 0.263 e. The van der Waals surface area contributed by atoms with E-state index in [9.17, 15) is 14.7 Å². The Kier molecular flexibility index (Phi) is 7.37. The molecule has 2 aromatic carbocycles. The molecule has 0 aliphatic rings. The van der Waals surface area contributed by atoms with Crippen LogP contribution in [0.4, 0.5) is 0 Å². The number of phenols is 1. The molecule has 0 atom stereocenters. The number of benzene rings is 2. The summed E-state index contributed by atoms with van der Waals surface area (Å²) >= 11 is 6.38. The van der Waals surface area contributed by atoms with Crippen LogP contribution in [-0.2, 0) is 17.9 Å². The smallest absolute Gasteiger partial charge is 0.263 e. The number of fused-ring (bicyclic) bond motifs is 1. The molecule has 2 N–H and O–H groups in total. The van der Waals surface area contributed by atoms with Crippen LogP contribution < -0.4 is 10.9 Å². The fourth-order valence-corrected chi connectivity index (χ4v) is 4.32. The van der Waals surface area contributed by atoms with Crippen LogP contribution in [-0.4, -0.2) is 50.6 Å². The molecule has 0 fully saturated rings. The number of aromatic nitrogens is 3. The molecule has 0 unspecified atom stereocenters. The Morgan fingerprint density at radius 1 is 1.11 bits per heavy atom. The third-order valence-corrected chi connectivity index (χ3v) is 5.67. The van der Waals surface area contributed by atoms with E-state index in [-0.39, 0.29) is 41.1 Å². The SMILES string of the molecule is CC(C)NC(=O)Cn1c(-c2cccc(O)c2)nc2ncc(-c3cc(Cl)cc(CN(C)C)c3)cc2c1=O. The van der Waals surface area contributed by atoms with E-state index in [1.807, 2.05) is 51.0 Å². The highest BCUT2D eigenvalue weighted by Gasteiger charge is 2.18. The van der Waals surface area contributed by atoms with Crippen molar-refractivity contribution in [2.24, 2.45) is 0 Å². The zero-order chi connectivity index (χ0) is 26.0. The van der Waals surface area contributed by atoms with Crippen molar-refractivity contribution in [2.45, 2.75) is 33.0 Å². The predicted octanol–water partition coefficient (Wildman–Crippen LogP) is 4.07. The lowest BCUT2D eigenvalue weighted by Gasteiger charge is -2.15. The van der Waals surface area contributed by atoms with Crippen LogP contribution in [0.2, 0.25) is 5.02 Å². The normalized spacial score (nSPS) is 11.4. The van der Waals surface area contributed by atoms with Gasteiger partial charge in [-0.1, -0.05) is 23.7 Å². The molecule has 0 spiro atoms. The Morgan fingerprint density at radius 3 is 2.58 bits per heavy atom. The first-order valence-corrected chi connectivity index (χ1v) is 11.9. The predicted molar refractivity (Wildman–Crippen MR) is 142 cm³/mol. The van der Waals surface area contributed by atoms with Gasteiger partial charge in [0.2, 0.25) is 5.91 Å². The number of rotatable bonds is 7. The number of nitrogens with one attached hydrogen (secondary N) is 1. The molecule has 4 aromatic rings. The number of phenolic OH excluding ortho intramolecular Hbond substituents is 1. The van der Waals surface area contributed by atoms with Crippen LogP contribution in [0.15, 0.2) is 59.5 Å². The largest absolute Gasteiger partial charge is 0.508 e. The van der Waals surface area contributed by atoms with Crippen molar-refractivity contribution in [3.63, 3.8) is 0 Å². The van der Waals surface area contributed by atoms with Crippen LogP contribution in [0.3, 0.4) is 0 Å². The van der Waals surface area contributed by atoms with Gasteiger partial charge in [0.05, 0.1) is 5.39 Å². The summed E-state index contributed by atoms with van der Waals surface area (Å²) in [6, 6.07) is 13.8. The summed E-state index contributed by atoms with van der Waals surface area (Å²) in [6.45, 7) is 4.18. The monoisotopic (exact) mass is 505 g/mol. The number of nitrogens with zero attached hydrogens (tertiary/aromatic N) is 4. The third-order valence-electron chi connectivity index (χ3n) is 5.46. The second-order valence-corrected chi connectivity index (χ2v) is 9.72. The molecule has 186 valence electrons. The molecule has 0 aliphatic heterocycles. The summed E-state index contributed by atoms with van der Waals surface area (Å²) in [5.41, 5.74) is 2.92. The first kappa shape index (κ1) is 25.3. The van der Waals surface area contributed by atoms with Crippen molar-refractivity contribution in [1.29, 1.82) is 0 Å². The third kappa shape index (κ3) is 5.72. The fraction of sp³-hybridized carbons (Fsp3) is 0.259. The first-order chi connectivity index (χ1) is 17.1. The maximum absolute atomic E-state index is 13.7. The van der Waals surface area contributed by atoms with E-state index in [0.29, 0.717) is 22.7 Å². The van der Waals surface area contributed by atoms with Gasteiger partial charge >= 0.3 is 0 Å². The van der Waals surface area contributed by atoms with Crippen LogP contribution in [0.5, 0.6) is 5.75 Å². The van der Waals surface area contributed by atoms with Crippen molar-refractivity contribution in [2.75, 3.05) is 14.1 Å². The highest BCUT2D eigenvalue weighted by atomic mass is 35.5. The summed E-state index contributed by atoms with van der Waals surface area (Å²) in [5, 5.41) is 13.7. The summed E-state index contributed by atoms with van der Waals surface area (Å²) in [5.74, 6) is -0.0432. The molecule has 0 saturated carbocycles. The summed E-state index contributed by atoms with van der Waals surface area (Å²) in [4.78, 5) is 37.5. The molecule has 0 radical (unpaired) electrons. The van der Waals surface area contributed by atoms with Gasteiger partial charge in [-0.05, 0) is 75.5 Å². The average Bonchev–Trinajstić information content (AvgIpc) is 2.79. The van der Waals surface area contributed by atoms with Gasteiger partial charge in [0, 0.05) is 34.9 Å². The Morgan fingerprint density at radius 2 is 1.89 bits per heavy atom. The highest BCUT2D eigenvalue weighted by molar-refractivity contribution is 6.31. The number of hydrogen-bond donors (Lipinski definition) is 2. The average molecular weight is 506 g/mol. The maximum atomic E-state index is 13.7. The number of carbonyl (C=O) groups is 1. The van der Waals surface area contributed by atoms with Crippen LogP contribution >= 0.6 is 11.6 Å². The molecule has 36 heavy (non-hydrogen) atoms. The molecule has 9 heteroatoms. The summed E-state index contributed by atoms with van der Waals surface area (Å²) in [7, 11) is 3.96. The quantitative estimate of drug-likeness (QED) is 0.392. The number of pyridine rings is 1. The standard InChI is InChI=1S/C27H28ClN5O3/c1-16(2)30-24(35)15-33-26(18-6-5-7-22(34)11-18)31-25-23(27(33)36)12-20(13-29-25)19-8-17(14-32(3)4)9-21(28)10-19/h5-13,16,34H,14-15H2,1-4H3,(H,30,35). The summed E-state index contributed by atoms with van der Waals surface area (Å²) < 4.78 is 1.32. The van der Waals surface area contributed by atoms with Crippen molar-refractivity contribution >= 4 is 28.5 Å². The van der Waals surface area contributed by atoms with Crippen LogP contribution in [0, 0.1) is 0 Å². The molecule has 0 bridgehead atoms. The van der Waals surface area contributed by atoms with Crippen molar-refractivity contribution in [3.05, 3.63) is 75.7 Å². The van der Waals surface area contributed by atoms with Gasteiger partial charge in [-0.25, -0.2) is 9.97 Å². The molecule has 8 nitrogen and oxygen atoms in total. The van der Waals surface area contributed by atoms with Gasteiger partial charge in [0.1, 0.15) is 18.1 Å². The van der Waals surface area contributed by atoms with Gasteiger partial charge in [-0.3, -0.25) is 14.2 Å². The zero-order valence-electron chi connectivity index (χ0n) is 20.6.